The maximum absolute atomic E-state index is 13.0. The quantitative estimate of drug-likeness (QED) is 0.525. The van der Waals surface area contributed by atoms with Crippen LogP contribution in [0.2, 0.25) is 0 Å². The number of halogens is 10. The van der Waals surface area contributed by atoms with Crippen molar-refractivity contribution in [3.63, 3.8) is 0 Å². The maximum Gasteiger partial charge on any atom is 0.459 e. The second kappa shape index (κ2) is 6.49. The topological polar surface area (TPSA) is 26.3 Å². The number of carbonyl (C=O) groups excluding carboxylic acids is 1. The third-order valence-electron chi connectivity index (χ3n) is 2.40. The van der Waals surface area contributed by atoms with E-state index in [1.165, 1.54) is 6.92 Å². The summed E-state index contributed by atoms with van der Waals surface area (Å²) in [4.78, 5) is 11.0. The normalized spacial score (nSPS) is 15.6. The van der Waals surface area contributed by atoms with Crippen molar-refractivity contribution in [2.45, 2.75) is 44.0 Å². The number of hydrogen-bond acceptors (Lipinski definition) is 2. The zero-order valence-corrected chi connectivity index (χ0v) is 10.8. The monoisotopic (exact) mass is 352 g/mol. The summed E-state index contributed by atoms with van der Waals surface area (Å²) in [7, 11) is 0. The number of carbonyl (C=O) groups is 1. The summed E-state index contributed by atoms with van der Waals surface area (Å²) in [5, 5.41) is 0. The molecule has 0 bridgehead atoms. The molecule has 0 saturated heterocycles. The van der Waals surface area contributed by atoms with Crippen molar-refractivity contribution in [2.24, 2.45) is 5.92 Å². The van der Waals surface area contributed by atoms with Crippen LogP contribution in [0.1, 0.15) is 19.8 Å². The Kier molecular flexibility index (Phi) is 6.12. The van der Waals surface area contributed by atoms with Gasteiger partial charge < -0.3 is 4.74 Å². The highest BCUT2D eigenvalue weighted by Crippen LogP contribution is 2.50. The van der Waals surface area contributed by atoms with Crippen molar-refractivity contribution in [1.29, 1.82) is 0 Å². The van der Waals surface area contributed by atoms with E-state index in [0.29, 0.717) is 0 Å². The lowest BCUT2D eigenvalue weighted by atomic mass is 9.96. The molecule has 0 radical (unpaired) electrons. The fourth-order valence-corrected chi connectivity index (χ4v) is 1.23. The molecule has 2 nitrogen and oxygen atoms in total. The van der Waals surface area contributed by atoms with Gasteiger partial charge in [0.1, 0.15) is 0 Å². The van der Waals surface area contributed by atoms with Crippen LogP contribution in [0.4, 0.5) is 43.9 Å². The number of hydrogen-bond donors (Lipinski definition) is 0. The van der Waals surface area contributed by atoms with Gasteiger partial charge in [0.15, 0.2) is 5.92 Å². The first-order valence-electron chi connectivity index (χ1n) is 5.63. The SMILES string of the molecule is CCCOC(=O)C(CC(F)(F)C(F)(F)C(F)(F)F)C(F)(F)F. The average Bonchev–Trinajstić information content (AvgIpc) is 2.30. The molecule has 0 heterocycles. The summed E-state index contributed by atoms with van der Waals surface area (Å²) in [6.45, 7) is 0.703. The van der Waals surface area contributed by atoms with Gasteiger partial charge >= 0.3 is 30.2 Å². The fourth-order valence-electron chi connectivity index (χ4n) is 1.23. The lowest BCUT2D eigenvalue weighted by Gasteiger charge is -2.30. The van der Waals surface area contributed by atoms with Gasteiger partial charge in [0, 0.05) is 6.42 Å². The van der Waals surface area contributed by atoms with Crippen LogP contribution in [-0.2, 0) is 9.53 Å². The van der Waals surface area contributed by atoms with E-state index < -0.39 is 49.1 Å². The van der Waals surface area contributed by atoms with Crippen molar-refractivity contribution in [2.75, 3.05) is 6.61 Å². The van der Waals surface area contributed by atoms with Crippen LogP contribution in [-0.4, -0.2) is 36.8 Å². The Morgan fingerprint density at radius 3 is 1.73 bits per heavy atom. The largest absolute Gasteiger partial charge is 0.465 e. The molecule has 0 aromatic carbocycles. The molecule has 12 heteroatoms. The van der Waals surface area contributed by atoms with Gasteiger partial charge in [-0.25, -0.2) is 0 Å². The van der Waals surface area contributed by atoms with Crippen molar-refractivity contribution in [3.05, 3.63) is 0 Å². The first-order valence-corrected chi connectivity index (χ1v) is 5.63. The van der Waals surface area contributed by atoms with E-state index in [1.54, 1.807) is 0 Å². The molecule has 1 unspecified atom stereocenters. The molecule has 132 valence electrons. The van der Waals surface area contributed by atoms with Crippen molar-refractivity contribution in [3.8, 4) is 0 Å². The lowest BCUT2D eigenvalue weighted by Crippen LogP contribution is -2.54. The number of rotatable bonds is 6. The Bertz CT molecular complexity index is 384. The summed E-state index contributed by atoms with van der Waals surface area (Å²) < 4.78 is 128. The van der Waals surface area contributed by atoms with Crippen LogP contribution >= 0.6 is 0 Å². The standard InChI is InChI=1S/C10H10F10O2/c1-2-3-22-6(21)5(8(13,14)15)4-7(11,12)9(16,17)10(18,19)20/h5H,2-4H2,1H3. The predicted molar refractivity (Wildman–Crippen MR) is 51.4 cm³/mol. The molecule has 0 aromatic heterocycles. The van der Waals surface area contributed by atoms with Crippen LogP contribution in [0.15, 0.2) is 0 Å². The minimum absolute atomic E-state index is 0.00851. The zero-order chi connectivity index (χ0) is 18.0. The van der Waals surface area contributed by atoms with Gasteiger partial charge in [0.25, 0.3) is 0 Å². The number of alkyl halides is 10. The minimum Gasteiger partial charge on any atom is -0.465 e. The van der Waals surface area contributed by atoms with Gasteiger partial charge in [-0.3, -0.25) is 4.79 Å². The Labute approximate surface area is 117 Å². The highest BCUT2D eigenvalue weighted by atomic mass is 19.4. The number of esters is 1. The molecule has 0 saturated carbocycles. The molecule has 0 aliphatic carbocycles. The molecule has 0 fully saturated rings. The Morgan fingerprint density at radius 1 is 0.955 bits per heavy atom. The highest BCUT2D eigenvalue weighted by Gasteiger charge is 2.74. The van der Waals surface area contributed by atoms with E-state index in [4.69, 9.17) is 0 Å². The summed E-state index contributed by atoms with van der Waals surface area (Å²) in [6, 6.07) is 0. The summed E-state index contributed by atoms with van der Waals surface area (Å²) in [5.74, 6) is -19.0. The van der Waals surface area contributed by atoms with E-state index in [9.17, 15) is 48.7 Å². The van der Waals surface area contributed by atoms with Gasteiger partial charge in [-0.1, -0.05) is 6.92 Å². The van der Waals surface area contributed by atoms with Gasteiger partial charge in [-0.15, -0.1) is 0 Å². The highest BCUT2D eigenvalue weighted by molar-refractivity contribution is 5.73. The van der Waals surface area contributed by atoms with Crippen molar-refractivity contribution in [1.82, 2.24) is 0 Å². The number of ether oxygens (including phenoxy) is 1. The zero-order valence-electron chi connectivity index (χ0n) is 10.8. The Morgan fingerprint density at radius 2 is 1.41 bits per heavy atom. The van der Waals surface area contributed by atoms with E-state index in [2.05, 4.69) is 4.74 Å². The molecule has 0 rings (SSSR count). The predicted octanol–water partition coefficient (Wildman–Crippen LogP) is 4.34. The summed E-state index contributed by atoms with van der Waals surface area (Å²) >= 11 is 0. The van der Waals surface area contributed by atoms with Gasteiger partial charge in [0.05, 0.1) is 6.61 Å². The summed E-state index contributed by atoms with van der Waals surface area (Å²) in [6.07, 6.45) is -15.6. The van der Waals surface area contributed by atoms with E-state index in [-0.39, 0.29) is 6.42 Å². The smallest absolute Gasteiger partial charge is 0.459 e. The second-order valence-electron chi connectivity index (χ2n) is 4.24. The Hall–Kier alpha value is -1.23. The molecule has 0 amide bonds. The molecule has 0 aliphatic rings. The first kappa shape index (κ1) is 20.8. The molecule has 0 aliphatic heterocycles. The lowest BCUT2D eigenvalue weighted by molar-refractivity contribution is -0.361. The molecular weight excluding hydrogens is 342 g/mol. The molecule has 1 atom stereocenters. The summed E-state index contributed by atoms with van der Waals surface area (Å²) in [5.41, 5.74) is 0. The van der Waals surface area contributed by atoms with Crippen LogP contribution < -0.4 is 0 Å². The van der Waals surface area contributed by atoms with Crippen LogP contribution in [0, 0.1) is 5.92 Å². The van der Waals surface area contributed by atoms with Gasteiger partial charge in [-0.05, 0) is 6.42 Å². The van der Waals surface area contributed by atoms with E-state index >= 15 is 0 Å². The van der Waals surface area contributed by atoms with E-state index in [0.717, 1.165) is 0 Å². The fraction of sp³-hybridized carbons (Fsp3) is 0.900. The van der Waals surface area contributed by atoms with Gasteiger partial charge in [-0.2, -0.15) is 43.9 Å². The molecular formula is C10H10F10O2. The van der Waals surface area contributed by atoms with E-state index in [1.807, 2.05) is 0 Å². The maximum atomic E-state index is 13.0. The molecule has 22 heavy (non-hydrogen) atoms. The van der Waals surface area contributed by atoms with Gasteiger partial charge in [0.2, 0.25) is 0 Å². The minimum atomic E-state index is -6.78. The van der Waals surface area contributed by atoms with Crippen LogP contribution in [0.3, 0.4) is 0 Å². The molecule has 0 N–H and O–H groups in total. The Balaban J connectivity index is 5.44. The third-order valence-corrected chi connectivity index (χ3v) is 2.40. The first-order chi connectivity index (χ1) is 9.58. The van der Waals surface area contributed by atoms with Crippen molar-refractivity contribution >= 4 is 5.97 Å². The molecule has 0 spiro atoms. The van der Waals surface area contributed by atoms with Crippen molar-refractivity contribution < 1.29 is 53.4 Å². The van der Waals surface area contributed by atoms with Crippen LogP contribution in [0.5, 0.6) is 0 Å². The molecule has 0 aromatic rings. The second-order valence-corrected chi connectivity index (χ2v) is 4.24. The average molecular weight is 352 g/mol. The third kappa shape index (κ3) is 4.63. The van der Waals surface area contributed by atoms with Crippen LogP contribution in [0.25, 0.3) is 0 Å².